The van der Waals surface area contributed by atoms with Crippen molar-refractivity contribution in [2.24, 2.45) is 5.92 Å². The molecule has 1 aromatic rings. The highest BCUT2D eigenvalue weighted by Gasteiger charge is 2.24. The number of benzene rings is 1. The van der Waals surface area contributed by atoms with Crippen LogP contribution in [0.1, 0.15) is 50.5 Å². The normalized spacial score (nSPS) is 23.4. The molecule has 28 heavy (non-hydrogen) atoms. The van der Waals surface area contributed by atoms with Crippen LogP contribution < -0.4 is 5.32 Å². The van der Waals surface area contributed by atoms with Gasteiger partial charge in [0.15, 0.2) is 0 Å². The predicted molar refractivity (Wildman–Crippen MR) is 117 cm³/mol. The van der Waals surface area contributed by atoms with Crippen LogP contribution in [0.5, 0.6) is 0 Å². The molecule has 4 rings (SSSR count). The lowest BCUT2D eigenvalue weighted by molar-refractivity contribution is 0.148. The lowest BCUT2D eigenvalue weighted by Gasteiger charge is -2.38. The molecular formula is C23H33BrFN3. The molecule has 0 amide bonds. The summed E-state index contributed by atoms with van der Waals surface area (Å²) in [5, 5.41) is 3.68. The second kappa shape index (κ2) is 9.73. The maximum absolute atomic E-state index is 13.5. The fourth-order valence-electron chi connectivity index (χ4n) is 5.01. The molecule has 2 fully saturated rings. The van der Waals surface area contributed by atoms with Gasteiger partial charge in [-0.3, -0.25) is 9.80 Å². The summed E-state index contributed by atoms with van der Waals surface area (Å²) in [6.07, 6.45) is 12.8. The van der Waals surface area contributed by atoms with Gasteiger partial charge in [-0.15, -0.1) is 0 Å². The summed E-state index contributed by atoms with van der Waals surface area (Å²) in [4.78, 5) is 5.19. The predicted octanol–water partition coefficient (Wildman–Crippen LogP) is 4.92. The highest BCUT2D eigenvalue weighted by atomic mass is 79.9. The molecule has 3 aliphatic rings. The van der Waals surface area contributed by atoms with Crippen molar-refractivity contribution in [1.82, 2.24) is 15.1 Å². The van der Waals surface area contributed by atoms with Gasteiger partial charge < -0.3 is 5.32 Å². The summed E-state index contributed by atoms with van der Waals surface area (Å²) in [6.45, 7) is 5.46. The molecular weight excluding hydrogens is 417 g/mol. The molecule has 1 saturated heterocycles. The van der Waals surface area contributed by atoms with Crippen LogP contribution >= 0.6 is 15.9 Å². The summed E-state index contributed by atoms with van der Waals surface area (Å²) in [5.41, 5.74) is 2.51. The molecule has 1 aliphatic carbocycles. The van der Waals surface area contributed by atoms with Gasteiger partial charge in [-0.2, -0.15) is 0 Å². The minimum atomic E-state index is -0.131. The van der Waals surface area contributed by atoms with Gasteiger partial charge in [0.25, 0.3) is 0 Å². The number of hydrogen-bond acceptors (Lipinski definition) is 3. The number of halogens is 2. The monoisotopic (exact) mass is 449 g/mol. The van der Waals surface area contributed by atoms with Crippen molar-refractivity contribution in [1.29, 1.82) is 0 Å². The highest BCUT2D eigenvalue weighted by Crippen LogP contribution is 2.27. The van der Waals surface area contributed by atoms with E-state index < -0.39 is 0 Å². The Morgan fingerprint density at radius 1 is 1.07 bits per heavy atom. The number of piperidine rings is 1. The Hall–Kier alpha value is -0.910. The molecule has 2 aliphatic heterocycles. The first-order chi connectivity index (χ1) is 13.7. The van der Waals surface area contributed by atoms with Gasteiger partial charge >= 0.3 is 0 Å². The standard InChI is InChI=1S/C23H33BrFN3/c24-23-7-6-20(25)15-19(23)14-18-8-11-27(12-9-18)16-21-10-13-28(17-26-21)22-4-2-1-3-5-22/h6-7,10,15,18,22,26H,1-5,8-9,11-14,16-17H2. The Morgan fingerprint density at radius 2 is 1.86 bits per heavy atom. The van der Waals surface area contributed by atoms with E-state index in [9.17, 15) is 4.39 Å². The van der Waals surface area contributed by atoms with Gasteiger partial charge in [0.1, 0.15) is 5.82 Å². The van der Waals surface area contributed by atoms with Crippen LogP contribution in [0.25, 0.3) is 0 Å². The molecule has 5 heteroatoms. The van der Waals surface area contributed by atoms with Crippen molar-refractivity contribution in [2.45, 2.75) is 57.4 Å². The zero-order valence-electron chi connectivity index (χ0n) is 16.8. The molecule has 0 atom stereocenters. The Kier molecular flexibility index (Phi) is 7.08. The van der Waals surface area contributed by atoms with Gasteiger partial charge in [0, 0.05) is 29.3 Å². The van der Waals surface area contributed by atoms with E-state index in [1.54, 1.807) is 6.07 Å². The Bertz CT molecular complexity index is 678. The second-order valence-corrected chi connectivity index (χ2v) is 9.64. The summed E-state index contributed by atoms with van der Waals surface area (Å²) >= 11 is 3.57. The second-order valence-electron chi connectivity index (χ2n) is 8.79. The first-order valence-corrected chi connectivity index (χ1v) is 11.8. The fourth-order valence-corrected chi connectivity index (χ4v) is 5.42. The average Bonchev–Trinajstić information content (AvgIpc) is 2.73. The van der Waals surface area contributed by atoms with Crippen molar-refractivity contribution >= 4 is 15.9 Å². The van der Waals surface area contributed by atoms with Crippen molar-refractivity contribution in [3.8, 4) is 0 Å². The Balaban J connectivity index is 1.21. The van der Waals surface area contributed by atoms with Crippen LogP contribution in [0.2, 0.25) is 0 Å². The van der Waals surface area contributed by atoms with Crippen molar-refractivity contribution < 1.29 is 4.39 Å². The fraction of sp³-hybridized carbons (Fsp3) is 0.652. The number of rotatable bonds is 5. The Labute approximate surface area is 177 Å². The molecule has 154 valence electrons. The zero-order chi connectivity index (χ0) is 19.3. The SMILES string of the molecule is Fc1ccc(Br)c(CC2CCN(CC3=CCN(C4CCCCC4)CN3)CC2)c1. The zero-order valence-corrected chi connectivity index (χ0v) is 18.4. The van der Waals surface area contributed by atoms with E-state index in [4.69, 9.17) is 0 Å². The van der Waals surface area contributed by atoms with Gasteiger partial charge in [-0.25, -0.2) is 4.39 Å². The summed E-state index contributed by atoms with van der Waals surface area (Å²) < 4.78 is 14.6. The third kappa shape index (κ3) is 5.37. The molecule has 1 N–H and O–H groups in total. The van der Waals surface area contributed by atoms with Crippen LogP contribution in [0, 0.1) is 11.7 Å². The lowest BCUT2D eigenvalue weighted by atomic mass is 9.90. The average molecular weight is 450 g/mol. The molecule has 0 spiro atoms. The van der Waals surface area contributed by atoms with Crippen molar-refractivity contribution in [2.75, 3.05) is 32.8 Å². The lowest BCUT2D eigenvalue weighted by Crippen LogP contribution is -2.47. The molecule has 3 nitrogen and oxygen atoms in total. The maximum Gasteiger partial charge on any atom is 0.123 e. The van der Waals surface area contributed by atoms with E-state index in [-0.39, 0.29) is 5.82 Å². The Morgan fingerprint density at radius 3 is 2.57 bits per heavy atom. The molecule has 0 radical (unpaired) electrons. The molecule has 0 aromatic heterocycles. The maximum atomic E-state index is 13.5. The van der Waals surface area contributed by atoms with Gasteiger partial charge in [-0.1, -0.05) is 41.3 Å². The number of likely N-dealkylation sites (tertiary alicyclic amines) is 1. The van der Waals surface area contributed by atoms with Crippen molar-refractivity contribution in [3.05, 3.63) is 45.8 Å². The van der Waals surface area contributed by atoms with E-state index in [0.717, 1.165) is 55.3 Å². The molecule has 1 saturated carbocycles. The molecule has 0 bridgehead atoms. The molecule has 2 heterocycles. The molecule has 1 aromatic carbocycles. The van der Waals surface area contributed by atoms with E-state index >= 15 is 0 Å². The number of hydrogen-bond donors (Lipinski definition) is 1. The largest absolute Gasteiger partial charge is 0.375 e. The third-order valence-electron chi connectivity index (χ3n) is 6.79. The summed E-state index contributed by atoms with van der Waals surface area (Å²) in [6, 6.07) is 5.83. The van der Waals surface area contributed by atoms with E-state index in [1.165, 1.54) is 56.7 Å². The van der Waals surface area contributed by atoms with Crippen LogP contribution in [-0.4, -0.2) is 48.7 Å². The third-order valence-corrected chi connectivity index (χ3v) is 7.56. The summed E-state index contributed by atoms with van der Waals surface area (Å²) in [7, 11) is 0. The highest BCUT2D eigenvalue weighted by molar-refractivity contribution is 9.10. The van der Waals surface area contributed by atoms with Gasteiger partial charge in [0.2, 0.25) is 0 Å². The van der Waals surface area contributed by atoms with Gasteiger partial charge in [-0.05, 0) is 74.9 Å². The van der Waals surface area contributed by atoms with Crippen LogP contribution in [0.15, 0.2) is 34.4 Å². The first kappa shape index (κ1) is 20.4. The molecule has 0 unspecified atom stereocenters. The topological polar surface area (TPSA) is 18.5 Å². The van der Waals surface area contributed by atoms with E-state index in [0.29, 0.717) is 5.92 Å². The van der Waals surface area contributed by atoms with E-state index in [2.05, 4.69) is 37.1 Å². The van der Waals surface area contributed by atoms with E-state index in [1.807, 2.05) is 6.07 Å². The smallest absolute Gasteiger partial charge is 0.123 e. The van der Waals surface area contributed by atoms with Crippen LogP contribution in [0.4, 0.5) is 4.39 Å². The van der Waals surface area contributed by atoms with Crippen molar-refractivity contribution in [3.63, 3.8) is 0 Å². The van der Waals surface area contributed by atoms with Gasteiger partial charge in [0.05, 0.1) is 6.67 Å². The summed E-state index contributed by atoms with van der Waals surface area (Å²) in [5.74, 6) is 0.526. The van der Waals surface area contributed by atoms with Crippen LogP contribution in [0.3, 0.4) is 0 Å². The minimum absolute atomic E-state index is 0.131. The number of nitrogens with one attached hydrogen (secondary N) is 1. The first-order valence-electron chi connectivity index (χ1n) is 11.0. The number of nitrogens with zero attached hydrogens (tertiary/aromatic N) is 2. The minimum Gasteiger partial charge on any atom is -0.375 e. The van der Waals surface area contributed by atoms with Crippen LogP contribution in [-0.2, 0) is 6.42 Å². The quantitative estimate of drug-likeness (QED) is 0.687.